The van der Waals surface area contributed by atoms with Crippen LogP contribution in [0.5, 0.6) is 5.75 Å². The van der Waals surface area contributed by atoms with Crippen molar-refractivity contribution in [1.82, 2.24) is 15.4 Å². The Bertz CT molecular complexity index is 1140. The normalized spacial score (nSPS) is 10.7. The molecule has 132 valence electrons. The zero-order valence-corrected chi connectivity index (χ0v) is 14.0. The molecule has 0 bridgehead atoms. The molecular formula is C20H14N4O3. The summed E-state index contributed by atoms with van der Waals surface area (Å²) in [6, 6.07) is 19.7. The fraction of sp³-hybridized carbons (Fsp3) is 0. The summed E-state index contributed by atoms with van der Waals surface area (Å²) in [6.07, 6.45) is 0. The van der Waals surface area contributed by atoms with Crippen molar-refractivity contribution in [2.75, 3.05) is 0 Å². The molecule has 3 N–H and O–H groups in total. The number of aromatic amines is 1. The third kappa shape index (κ3) is 3.13. The molecule has 0 radical (unpaired) electrons. The Balaban J connectivity index is 1.59. The van der Waals surface area contributed by atoms with Crippen LogP contribution in [0.2, 0.25) is 0 Å². The van der Waals surface area contributed by atoms with Crippen molar-refractivity contribution in [2.45, 2.75) is 0 Å². The number of hydrogen-bond donors (Lipinski definition) is 2. The van der Waals surface area contributed by atoms with Gasteiger partial charge in [0.15, 0.2) is 5.69 Å². The molecule has 0 aliphatic rings. The maximum absolute atomic E-state index is 12.6. The molecule has 1 amide bonds. The van der Waals surface area contributed by atoms with Crippen molar-refractivity contribution in [3.8, 4) is 17.0 Å². The molecule has 0 atom stereocenters. The first-order valence-electron chi connectivity index (χ1n) is 8.14. The topological polar surface area (TPSA) is 111 Å². The SMILES string of the molecule is NC(=O)c1n[nH]nc1-c1ccc(OC(=O)c2cccc3ccccc23)cc1. The van der Waals surface area contributed by atoms with Gasteiger partial charge < -0.3 is 10.5 Å². The first-order chi connectivity index (χ1) is 13.1. The molecule has 7 nitrogen and oxygen atoms in total. The van der Waals surface area contributed by atoms with Crippen LogP contribution in [-0.4, -0.2) is 27.3 Å². The Morgan fingerprint density at radius 2 is 1.63 bits per heavy atom. The van der Waals surface area contributed by atoms with Crippen LogP contribution in [0.25, 0.3) is 22.0 Å². The Kier molecular flexibility index (Phi) is 4.10. The van der Waals surface area contributed by atoms with Gasteiger partial charge in [-0.1, -0.05) is 36.4 Å². The third-order valence-electron chi connectivity index (χ3n) is 4.13. The minimum absolute atomic E-state index is 0.0514. The van der Waals surface area contributed by atoms with Crippen LogP contribution in [0.15, 0.2) is 66.7 Å². The molecule has 4 aromatic rings. The van der Waals surface area contributed by atoms with E-state index in [1.54, 1.807) is 30.3 Å². The van der Waals surface area contributed by atoms with E-state index in [4.69, 9.17) is 10.5 Å². The number of primary amides is 1. The summed E-state index contributed by atoms with van der Waals surface area (Å²) in [5, 5.41) is 11.8. The minimum Gasteiger partial charge on any atom is -0.423 e. The van der Waals surface area contributed by atoms with Crippen LogP contribution in [0.4, 0.5) is 0 Å². The zero-order chi connectivity index (χ0) is 18.8. The van der Waals surface area contributed by atoms with Crippen molar-refractivity contribution in [3.63, 3.8) is 0 Å². The van der Waals surface area contributed by atoms with Gasteiger partial charge in [0.05, 0.1) is 5.56 Å². The van der Waals surface area contributed by atoms with Gasteiger partial charge in [-0.2, -0.15) is 15.4 Å². The van der Waals surface area contributed by atoms with E-state index in [9.17, 15) is 9.59 Å². The monoisotopic (exact) mass is 358 g/mol. The molecule has 3 aromatic carbocycles. The number of aromatic nitrogens is 3. The van der Waals surface area contributed by atoms with Crippen LogP contribution in [0.3, 0.4) is 0 Å². The number of carbonyl (C=O) groups is 2. The molecule has 4 rings (SSSR count). The highest BCUT2D eigenvalue weighted by Gasteiger charge is 2.16. The van der Waals surface area contributed by atoms with Gasteiger partial charge in [0.1, 0.15) is 11.4 Å². The molecule has 7 heteroatoms. The second-order valence-corrected chi connectivity index (χ2v) is 5.83. The van der Waals surface area contributed by atoms with Crippen LogP contribution in [-0.2, 0) is 0 Å². The Hall–Kier alpha value is -4.00. The summed E-state index contributed by atoms with van der Waals surface area (Å²) >= 11 is 0. The van der Waals surface area contributed by atoms with Crippen molar-refractivity contribution < 1.29 is 14.3 Å². The first kappa shape index (κ1) is 16.5. The van der Waals surface area contributed by atoms with E-state index in [1.165, 1.54) is 0 Å². The van der Waals surface area contributed by atoms with Gasteiger partial charge in [-0.3, -0.25) is 4.79 Å². The van der Waals surface area contributed by atoms with Crippen LogP contribution in [0.1, 0.15) is 20.8 Å². The van der Waals surface area contributed by atoms with Gasteiger partial charge in [-0.25, -0.2) is 4.79 Å². The quantitative estimate of drug-likeness (QED) is 0.430. The van der Waals surface area contributed by atoms with E-state index in [-0.39, 0.29) is 5.69 Å². The first-order valence-corrected chi connectivity index (χ1v) is 8.14. The lowest BCUT2D eigenvalue weighted by atomic mass is 10.0. The lowest BCUT2D eigenvalue weighted by molar-refractivity contribution is 0.0736. The van der Waals surface area contributed by atoms with E-state index in [2.05, 4.69) is 15.4 Å². The lowest BCUT2D eigenvalue weighted by Gasteiger charge is -2.08. The predicted octanol–water partition coefficient (Wildman–Crippen LogP) is 2.94. The highest BCUT2D eigenvalue weighted by atomic mass is 16.5. The van der Waals surface area contributed by atoms with Gasteiger partial charge >= 0.3 is 5.97 Å². The average molecular weight is 358 g/mol. The van der Waals surface area contributed by atoms with E-state index < -0.39 is 11.9 Å². The molecule has 0 saturated carbocycles. The van der Waals surface area contributed by atoms with Crippen molar-refractivity contribution in [1.29, 1.82) is 0 Å². The highest BCUT2D eigenvalue weighted by molar-refractivity contribution is 6.05. The van der Waals surface area contributed by atoms with Gasteiger partial charge in [0, 0.05) is 5.56 Å². The lowest BCUT2D eigenvalue weighted by Crippen LogP contribution is -2.12. The summed E-state index contributed by atoms with van der Waals surface area (Å²) in [5.74, 6) is -0.746. The largest absolute Gasteiger partial charge is 0.423 e. The standard InChI is InChI=1S/C20H14N4O3/c21-19(25)18-17(22-24-23-18)13-8-10-14(11-9-13)27-20(26)16-7-3-5-12-4-1-2-6-15(12)16/h1-11H,(H2,21,25)(H,22,23,24). The summed E-state index contributed by atoms with van der Waals surface area (Å²) in [4.78, 5) is 23.9. The molecule has 0 aliphatic heterocycles. The molecule has 0 spiro atoms. The molecule has 0 unspecified atom stereocenters. The summed E-state index contributed by atoms with van der Waals surface area (Å²) in [6.45, 7) is 0. The number of amides is 1. The second-order valence-electron chi connectivity index (χ2n) is 5.83. The van der Waals surface area contributed by atoms with Crippen molar-refractivity contribution >= 4 is 22.6 Å². The summed E-state index contributed by atoms with van der Waals surface area (Å²) < 4.78 is 5.48. The zero-order valence-electron chi connectivity index (χ0n) is 14.0. The van der Waals surface area contributed by atoms with Gasteiger partial charge in [-0.05, 0) is 41.1 Å². The number of hydrogen-bond acceptors (Lipinski definition) is 5. The number of H-pyrrole nitrogens is 1. The number of nitrogens with zero attached hydrogens (tertiary/aromatic N) is 2. The van der Waals surface area contributed by atoms with E-state index in [1.807, 2.05) is 36.4 Å². The fourth-order valence-electron chi connectivity index (χ4n) is 2.85. The van der Waals surface area contributed by atoms with Crippen LogP contribution in [0, 0.1) is 0 Å². The molecule has 1 aromatic heterocycles. The second kappa shape index (κ2) is 6.72. The number of benzene rings is 3. The van der Waals surface area contributed by atoms with Gasteiger partial charge in [0.25, 0.3) is 5.91 Å². The average Bonchev–Trinajstić information content (AvgIpc) is 3.18. The van der Waals surface area contributed by atoms with Crippen LogP contribution >= 0.6 is 0 Å². The maximum atomic E-state index is 12.6. The fourth-order valence-corrected chi connectivity index (χ4v) is 2.85. The van der Waals surface area contributed by atoms with Gasteiger partial charge in [0.2, 0.25) is 0 Å². The van der Waals surface area contributed by atoms with Crippen molar-refractivity contribution in [2.24, 2.45) is 5.73 Å². The maximum Gasteiger partial charge on any atom is 0.344 e. The number of esters is 1. The van der Waals surface area contributed by atoms with E-state index >= 15 is 0 Å². The number of carbonyl (C=O) groups excluding carboxylic acids is 2. The third-order valence-corrected chi connectivity index (χ3v) is 4.13. The number of fused-ring (bicyclic) bond motifs is 1. The molecule has 0 saturated heterocycles. The smallest absolute Gasteiger partial charge is 0.344 e. The van der Waals surface area contributed by atoms with Crippen molar-refractivity contribution in [3.05, 3.63) is 78.0 Å². The molecule has 27 heavy (non-hydrogen) atoms. The van der Waals surface area contributed by atoms with Gasteiger partial charge in [-0.15, -0.1) is 0 Å². The molecular weight excluding hydrogens is 344 g/mol. The highest BCUT2D eigenvalue weighted by Crippen LogP contribution is 2.24. The molecule has 0 aliphatic carbocycles. The Labute approximate surface area is 153 Å². The number of nitrogens with one attached hydrogen (secondary N) is 1. The number of ether oxygens (including phenoxy) is 1. The number of nitrogens with two attached hydrogens (primary N) is 1. The van der Waals surface area contributed by atoms with E-state index in [0.717, 1.165) is 10.8 Å². The minimum atomic E-state index is -0.676. The van der Waals surface area contributed by atoms with Crippen LogP contribution < -0.4 is 10.5 Å². The molecule has 0 fully saturated rings. The predicted molar refractivity (Wildman–Crippen MR) is 99.2 cm³/mol. The summed E-state index contributed by atoms with van der Waals surface area (Å²) in [5.41, 5.74) is 6.78. The number of rotatable bonds is 4. The Morgan fingerprint density at radius 1 is 0.889 bits per heavy atom. The Morgan fingerprint density at radius 3 is 2.41 bits per heavy atom. The summed E-state index contributed by atoms with van der Waals surface area (Å²) in [7, 11) is 0. The molecule has 1 heterocycles. The van der Waals surface area contributed by atoms with E-state index in [0.29, 0.717) is 22.6 Å².